The molecule has 0 saturated heterocycles. The van der Waals surface area contributed by atoms with Gasteiger partial charge in [-0.1, -0.05) is 20.8 Å². The molecular formula is C18H31N3O. The van der Waals surface area contributed by atoms with Gasteiger partial charge in [0.25, 0.3) is 0 Å². The average molecular weight is 305 g/mol. The van der Waals surface area contributed by atoms with E-state index in [0.29, 0.717) is 23.4 Å². The number of nitrogens with one attached hydrogen (secondary N) is 1. The highest BCUT2D eigenvalue weighted by Gasteiger charge is 2.60. The van der Waals surface area contributed by atoms with Crippen molar-refractivity contribution in [3.63, 3.8) is 0 Å². The first kappa shape index (κ1) is 16.0. The molecule has 1 heterocycles. The van der Waals surface area contributed by atoms with Crippen LogP contribution in [0, 0.1) is 30.6 Å². The van der Waals surface area contributed by atoms with Gasteiger partial charge in [-0.15, -0.1) is 0 Å². The highest BCUT2D eigenvalue weighted by atomic mass is 16.3. The summed E-state index contributed by atoms with van der Waals surface area (Å²) in [4.78, 5) is 0. The van der Waals surface area contributed by atoms with Gasteiger partial charge in [0.2, 0.25) is 0 Å². The number of hydrogen-bond donors (Lipinski definition) is 2. The van der Waals surface area contributed by atoms with E-state index in [0.717, 1.165) is 18.2 Å². The molecule has 0 aliphatic heterocycles. The van der Waals surface area contributed by atoms with Crippen LogP contribution in [-0.2, 0) is 13.1 Å². The minimum absolute atomic E-state index is 0.144. The molecule has 3 rings (SSSR count). The molecule has 0 unspecified atom stereocenters. The molecule has 1 aromatic heterocycles. The first-order chi connectivity index (χ1) is 10.3. The lowest BCUT2D eigenvalue weighted by Gasteiger charge is -2.39. The van der Waals surface area contributed by atoms with E-state index < -0.39 is 0 Å². The zero-order chi connectivity index (χ0) is 16.1. The third-order valence-electron chi connectivity index (χ3n) is 7.16. The normalized spacial score (nSPS) is 32.8. The second-order valence-corrected chi connectivity index (χ2v) is 8.14. The summed E-state index contributed by atoms with van der Waals surface area (Å²) in [6.07, 6.45) is 4.06. The number of nitrogens with zero attached hydrogens (tertiary/aromatic N) is 2. The van der Waals surface area contributed by atoms with Crippen LogP contribution in [-0.4, -0.2) is 27.5 Å². The highest BCUT2D eigenvalue weighted by Crippen LogP contribution is 2.65. The molecule has 2 aliphatic carbocycles. The third kappa shape index (κ3) is 2.15. The van der Waals surface area contributed by atoms with Gasteiger partial charge in [-0.2, -0.15) is 5.10 Å². The maximum atomic E-state index is 9.13. The molecule has 0 aromatic carbocycles. The van der Waals surface area contributed by atoms with Crippen LogP contribution in [0.5, 0.6) is 0 Å². The fourth-order valence-electron chi connectivity index (χ4n) is 5.04. The molecule has 4 heteroatoms. The Morgan fingerprint density at radius 3 is 2.59 bits per heavy atom. The summed E-state index contributed by atoms with van der Waals surface area (Å²) in [5.41, 5.74) is 4.45. The Morgan fingerprint density at radius 2 is 2.05 bits per heavy atom. The lowest BCUT2D eigenvalue weighted by atomic mass is 9.69. The Balaban J connectivity index is 1.72. The Kier molecular flexibility index (Phi) is 3.89. The molecule has 3 atom stereocenters. The molecule has 2 N–H and O–H groups in total. The van der Waals surface area contributed by atoms with Crippen LogP contribution in [0.15, 0.2) is 0 Å². The summed E-state index contributed by atoms with van der Waals surface area (Å²) in [7, 11) is 0. The Hall–Kier alpha value is -0.870. The van der Waals surface area contributed by atoms with Crippen LogP contribution in [0.1, 0.15) is 57.0 Å². The van der Waals surface area contributed by atoms with Crippen LogP contribution in [0.4, 0.5) is 0 Å². The van der Waals surface area contributed by atoms with E-state index in [1.165, 1.54) is 30.5 Å². The molecule has 0 spiro atoms. The molecule has 124 valence electrons. The molecule has 4 nitrogen and oxygen atoms in total. The number of aliphatic hydroxyl groups is 1. The van der Waals surface area contributed by atoms with Crippen molar-refractivity contribution in [2.24, 2.45) is 16.7 Å². The van der Waals surface area contributed by atoms with E-state index >= 15 is 0 Å². The number of hydrogen-bond acceptors (Lipinski definition) is 3. The molecule has 0 amide bonds. The van der Waals surface area contributed by atoms with Gasteiger partial charge in [-0.25, -0.2) is 0 Å². The molecule has 2 fully saturated rings. The summed E-state index contributed by atoms with van der Waals surface area (Å²) in [6.45, 7) is 13.2. The van der Waals surface area contributed by atoms with Crippen molar-refractivity contribution in [3.8, 4) is 0 Å². The molecule has 2 bridgehead atoms. The van der Waals surface area contributed by atoms with Gasteiger partial charge in [0.15, 0.2) is 0 Å². The van der Waals surface area contributed by atoms with Gasteiger partial charge in [0.05, 0.1) is 18.8 Å². The van der Waals surface area contributed by atoms with Gasteiger partial charge >= 0.3 is 0 Å². The van der Waals surface area contributed by atoms with Crippen molar-refractivity contribution >= 4 is 0 Å². The van der Waals surface area contributed by atoms with E-state index in [1.54, 1.807) is 0 Å². The van der Waals surface area contributed by atoms with Crippen LogP contribution in [0.25, 0.3) is 0 Å². The van der Waals surface area contributed by atoms with Crippen molar-refractivity contribution < 1.29 is 5.11 Å². The summed E-state index contributed by atoms with van der Waals surface area (Å²) < 4.78 is 1.93. The van der Waals surface area contributed by atoms with Crippen LogP contribution < -0.4 is 5.32 Å². The molecule has 2 saturated carbocycles. The van der Waals surface area contributed by atoms with E-state index in [1.807, 2.05) is 4.68 Å². The van der Waals surface area contributed by atoms with Crippen LogP contribution in [0.2, 0.25) is 0 Å². The molecule has 0 radical (unpaired) electrons. The SMILES string of the molecule is Cc1nn(CCO)c(C)c1CN[C@H]1C[C@H]2CC[C@@]1(C)C2(C)C. The Labute approximate surface area is 134 Å². The minimum Gasteiger partial charge on any atom is -0.394 e. The predicted octanol–water partition coefficient (Wildman–Crippen LogP) is 2.80. The molecular weight excluding hydrogens is 274 g/mol. The van der Waals surface area contributed by atoms with Gasteiger partial charge in [0, 0.05) is 23.8 Å². The maximum Gasteiger partial charge on any atom is 0.0644 e. The molecule has 2 aliphatic rings. The monoisotopic (exact) mass is 305 g/mol. The number of aromatic nitrogens is 2. The summed E-state index contributed by atoms with van der Waals surface area (Å²) in [5, 5.41) is 17.5. The minimum atomic E-state index is 0.144. The standard InChI is InChI=1S/C18H31N3O/c1-12-15(13(2)21(20-12)8-9-22)11-19-16-10-14-6-7-18(16,5)17(14,3)4/h14,16,19,22H,6-11H2,1-5H3/t14-,16+,18-/m1/s1. The summed E-state index contributed by atoms with van der Waals surface area (Å²) >= 11 is 0. The number of aryl methyl sites for hydroxylation is 1. The number of aliphatic hydroxyl groups excluding tert-OH is 1. The molecule has 22 heavy (non-hydrogen) atoms. The van der Waals surface area contributed by atoms with E-state index in [9.17, 15) is 0 Å². The van der Waals surface area contributed by atoms with Gasteiger partial charge < -0.3 is 10.4 Å². The van der Waals surface area contributed by atoms with Crippen molar-refractivity contribution in [1.82, 2.24) is 15.1 Å². The topological polar surface area (TPSA) is 50.1 Å². The average Bonchev–Trinajstić information content (AvgIpc) is 2.92. The van der Waals surface area contributed by atoms with Crippen molar-refractivity contribution in [2.75, 3.05) is 6.61 Å². The van der Waals surface area contributed by atoms with Crippen molar-refractivity contribution in [1.29, 1.82) is 0 Å². The zero-order valence-corrected chi connectivity index (χ0v) is 14.7. The quantitative estimate of drug-likeness (QED) is 0.879. The Bertz CT molecular complexity index is 563. The highest BCUT2D eigenvalue weighted by molar-refractivity contribution is 5.25. The predicted molar refractivity (Wildman–Crippen MR) is 88.6 cm³/mol. The van der Waals surface area contributed by atoms with E-state index in [4.69, 9.17) is 5.11 Å². The smallest absolute Gasteiger partial charge is 0.0644 e. The van der Waals surface area contributed by atoms with E-state index in [-0.39, 0.29) is 6.61 Å². The van der Waals surface area contributed by atoms with Crippen LogP contribution in [0.3, 0.4) is 0 Å². The third-order valence-corrected chi connectivity index (χ3v) is 7.16. The summed E-state index contributed by atoms with van der Waals surface area (Å²) in [6, 6.07) is 0.612. The van der Waals surface area contributed by atoms with Crippen molar-refractivity contribution in [2.45, 2.75) is 73.0 Å². The van der Waals surface area contributed by atoms with Gasteiger partial charge in [-0.05, 0) is 49.9 Å². The second kappa shape index (κ2) is 5.34. The Morgan fingerprint density at radius 1 is 1.32 bits per heavy atom. The van der Waals surface area contributed by atoms with Crippen molar-refractivity contribution in [3.05, 3.63) is 17.0 Å². The number of rotatable bonds is 5. The lowest BCUT2D eigenvalue weighted by Crippen LogP contribution is -2.44. The van der Waals surface area contributed by atoms with Crippen LogP contribution >= 0.6 is 0 Å². The molecule has 1 aromatic rings. The fraction of sp³-hybridized carbons (Fsp3) is 0.833. The maximum absolute atomic E-state index is 9.13. The lowest BCUT2D eigenvalue weighted by molar-refractivity contribution is 0.120. The summed E-state index contributed by atoms with van der Waals surface area (Å²) in [5.74, 6) is 0.870. The zero-order valence-electron chi connectivity index (χ0n) is 14.7. The first-order valence-electron chi connectivity index (χ1n) is 8.68. The van der Waals surface area contributed by atoms with Gasteiger partial charge in [0.1, 0.15) is 0 Å². The second-order valence-electron chi connectivity index (χ2n) is 8.14. The largest absolute Gasteiger partial charge is 0.394 e. The number of fused-ring (bicyclic) bond motifs is 2. The van der Waals surface area contributed by atoms with Gasteiger partial charge in [-0.3, -0.25) is 4.68 Å². The first-order valence-corrected chi connectivity index (χ1v) is 8.68. The van der Waals surface area contributed by atoms with E-state index in [2.05, 4.69) is 45.0 Å². The fourth-order valence-corrected chi connectivity index (χ4v) is 5.04.